The minimum atomic E-state index is 0.244. The van der Waals surface area contributed by atoms with Crippen LogP contribution in [-0.4, -0.2) is 17.1 Å². The Bertz CT molecular complexity index is 1400. The maximum Gasteiger partial charge on any atom is 0.165 e. The second kappa shape index (κ2) is 10.5. The second-order valence-corrected chi connectivity index (χ2v) is 8.34. The van der Waals surface area contributed by atoms with Crippen LogP contribution in [0.5, 0.6) is 11.5 Å². The van der Waals surface area contributed by atoms with Crippen LogP contribution in [0.4, 0.5) is 0 Å². The summed E-state index contributed by atoms with van der Waals surface area (Å²) in [4.78, 5) is 7.73. The van der Waals surface area contributed by atoms with Gasteiger partial charge in [0.25, 0.3) is 0 Å². The fourth-order valence-corrected chi connectivity index (χ4v) is 4.04. The van der Waals surface area contributed by atoms with E-state index in [-0.39, 0.29) is 6.61 Å². The molecular weight excluding hydrogens is 469 g/mol. The Morgan fingerprint density at radius 3 is 2.68 bits per heavy atom. The minimum absolute atomic E-state index is 0.244. The molecule has 0 atom stereocenters. The number of rotatable bonds is 8. The van der Waals surface area contributed by atoms with Crippen molar-refractivity contribution in [1.82, 2.24) is 9.97 Å². The van der Waals surface area contributed by atoms with Crippen LogP contribution in [0.15, 0.2) is 67.3 Å². The molecule has 3 aromatic carbocycles. The van der Waals surface area contributed by atoms with Gasteiger partial charge in [-0.25, -0.2) is 4.98 Å². The molecule has 4 aromatic rings. The second-order valence-electron chi connectivity index (χ2n) is 7.50. The van der Waals surface area contributed by atoms with Gasteiger partial charge in [-0.1, -0.05) is 47.5 Å². The molecule has 0 saturated carbocycles. The molecule has 1 aromatic heterocycles. The highest BCUT2D eigenvalue weighted by Gasteiger charge is 2.15. The number of hydrogen-bond acceptors (Lipinski definition) is 4. The summed E-state index contributed by atoms with van der Waals surface area (Å²) < 4.78 is 11.8. The fraction of sp³-hybridized carbons (Fsp3) is 0.111. The first-order chi connectivity index (χ1) is 16.5. The highest BCUT2D eigenvalue weighted by Crippen LogP contribution is 2.36. The summed E-state index contributed by atoms with van der Waals surface area (Å²) >= 11 is 12.3. The summed E-state index contributed by atoms with van der Waals surface area (Å²) in [6.45, 7) is 4.10. The Hall–Kier alpha value is -3.72. The van der Waals surface area contributed by atoms with Crippen LogP contribution in [0.1, 0.15) is 22.5 Å². The number of H-pyrrole nitrogens is 1. The van der Waals surface area contributed by atoms with Gasteiger partial charge in [-0.05, 0) is 54.5 Å². The summed E-state index contributed by atoms with van der Waals surface area (Å²) in [5.74, 6) is 1.64. The normalized spacial score (nSPS) is 11.3. The van der Waals surface area contributed by atoms with Crippen LogP contribution >= 0.6 is 23.2 Å². The molecule has 0 amide bonds. The molecule has 0 aliphatic carbocycles. The first-order valence-electron chi connectivity index (χ1n) is 10.5. The van der Waals surface area contributed by atoms with E-state index in [1.165, 1.54) is 0 Å². The Morgan fingerprint density at radius 1 is 1.15 bits per heavy atom. The number of allylic oxidation sites excluding steroid dienone is 2. The van der Waals surface area contributed by atoms with Crippen molar-refractivity contribution in [2.24, 2.45) is 0 Å². The molecule has 0 unspecified atom stereocenters. The Labute approximate surface area is 207 Å². The molecule has 0 saturated heterocycles. The molecule has 1 N–H and O–H groups in total. The number of halogens is 2. The summed E-state index contributed by atoms with van der Waals surface area (Å²) in [5, 5.41) is 10.9. The van der Waals surface area contributed by atoms with Gasteiger partial charge in [0.15, 0.2) is 11.5 Å². The molecule has 0 fully saturated rings. The number of benzene rings is 3. The molecule has 1 heterocycles. The Morgan fingerprint density at radius 2 is 1.97 bits per heavy atom. The molecule has 7 heteroatoms. The highest BCUT2D eigenvalue weighted by atomic mass is 35.5. The van der Waals surface area contributed by atoms with Gasteiger partial charge in [0.05, 0.1) is 23.7 Å². The third-order valence-corrected chi connectivity index (χ3v) is 5.79. The van der Waals surface area contributed by atoms with Crippen LogP contribution < -0.4 is 9.47 Å². The van der Waals surface area contributed by atoms with Crippen LogP contribution in [0.3, 0.4) is 0 Å². The predicted octanol–water partition coefficient (Wildman–Crippen LogP) is 7.25. The lowest BCUT2D eigenvalue weighted by molar-refractivity contribution is 0.282. The first-order valence-corrected chi connectivity index (χ1v) is 11.2. The molecule has 0 spiro atoms. The van der Waals surface area contributed by atoms with Gasteiger partial charge in [-0.2, -0.15) is 5.26 Å². The molecule has 0 radical (unpaired) electrons. The lowest BCUT2D eigenvalue weighted by Gasteiger charge is -2.16. The number of imidazole rings is 1. The fourth-order valence-electron chi connectivity index (χ4n) is 3.58. The number of aromatic amines is 1. The quantitative estimate of drug-likeness (QED) is 0.209. The van der Waals surface area contributed by atoms with E-state index < -0.39 is 0 Å². The zero-order chi connectivity index (χ0) is 24.1. The highest BCUT2D eigenvalue weighted by molar-refractivity contribution is 6.35. The van der Waals surface area contributed by atoms with Gasteiger partial charge < -0.3 is 14.5 Å². The third kappa shape index (κ3) is 5.09. The maximum atomic E-state index is 9.80. The van der Waals surface area contributed by atoms with Crippen LogP contribution in [0, 0.1) is 11.3 Å². The smallest absolute Gasteiger partial charge is 0.165 e. The average molecular weight is 490 g/mol. The van der Waals surface area contributed by atoms with E-state index >= 15 is 0 Å². The summed E-state index contributed by atoms with van der Waals surface area (Å²) in [6.07, 6.45) is 4.11. The number of ether oxygens (including phenoxy) is 2. The number of methoxy groups -OCH3 is 1. The van der Waals surface area contributed by atoms with Gasteiger partial charge in [0.2, 0.25) is 0 Å². The van der Waals surface area contributed by atoms with Crippen molar-refractivity contribution in [1.29, 1.82) is 5.26 Å². The molecule has 5 nitrogen and oxygen atoms in total. The van der Waals surface area contributed by atoms with Gasteiger partial charge in [0, 0.05) is 21.2 Å². The molecule has 34 heavy (non-hydrogen) atoms. The third-order valence-electron chi connectivity index (χ3n) is 5.20. The van der Waals surface area contributed by atoms with E-state index in [1.807, 2.05) is 42.5 Å². The van der Waals surface area contributed by atoms with E-state index in [0.717, 1.165) is 27.7 Å². The number of nitrogens with zero attached hydrogens (tertiary/aromatic N) is 2. The van der Waals surface area contributed by atoms with E-state index in [2.05, 4.69) is 22.6 Å². The van der Waals surface area contributed by atoms with Crippen molar-refractivity contribution in [2.45, 2.75) is 13.0 Å². The number of fused-ring (bicyclic) bond motifs is 1. The predicted molar refractivity (Wildman–Crippen MR) is 137 cm³/mol. The number of nitriles is 1. The van der Waals surface area contributed by atoms with E-state index in [1.54, 1.807) is 31.4 Å². The maximum absolute atomic E-state index is 9.80. The summed E-state index contributed by atoms with van der Waals surface area (Å²) in [5.41, 5.74) is 4.53. The standard InChI is InChI=1S/C27H21Cl2N3O2/c1-3-6-18-11-17(12-20(15-30)27-31-23-7-4-5-8-24(23)32-27)13-25(33-2)26(18)34-16-19-9-10-21(28)14-22(19)29/h3-5,7-14H,1,6,16H2,2H3,(H,31,32)/b20-12+. The molecule has 170 valence electrons. The summed E-state index contributed by atoms with van der Waals surface area (Å²) in [7, 11) is 1.58. The van der Waals surface area contributed by atoms with E-state index in [9.17, 15) is 5.26 Å². The lowest BCUT2D eigenvalue weighted by Crippen LogP contribution is -2.02. The Kier molecular flexibility index (Phi) is 7.22. The number of nitrogens with one attached hydrogen (secondary N) is 1. The number of hydrogen-bond donors (Lipinski definition) is 1. The molecule has 4 rings (SSSR count). The monoisotopic (exact) mass is 489 g/mol. The van der Waals surface area contributed by atoms with Crippen molar-refractivity contribution in [3.05, 3.63) is 99.8 Å². The summed E-state index contributed by atoms with van der Waals surface area (Å²) in [6, 6.07) is 18.9. The first kappa shape index (κ1) is 23.4. The molecule has 0 aliphatic rings. The van der Waals surface area contributed by atoms with Gasteiger partial charge >= 0.3 is 0 Å². The largest absolute Gasteiger partial charge is 0.493 e. The van der Waals surface area contributed by atoms with Gasteiger partial charge in [-0.3, -0.25) is 0 Å². The van der Waals surface area contributed by atoms with Crippen molar-refractivity contribution in [3.63, 3.8) is 0 Å². The van der Waals surface area contributed by atoms with E-state index in [0.29, 0.717) is 39.4 Å². The molecule has 0 bridgehead atoms. The minimum Gasteiger partial charge on any atom is -0.493 e. The van der Waals surface area contributed by atoms with E-state index in [4.69, 9.17) is 32.7 Å². The molecule has 0 aliphatic heterocycles. The Balaban J connectivity index is 1.70. The topological polar surface area (TPSA) is 70.9 Å². The van der Waals surface area contributed by atoms with Crippen molar-refractivity contribution < 1.29 is 9.47 Å². The van der Waals surface area contributed by atoms with Gasteiger partial charge in [-0.15, -0.1) is 6.58 Å². The van der Waals surface area contributed by atoms with Crippen LogP contribution in [-0.2, 0) is 13.0 Å². The van der Waals surface area contributed by atoms with Crippen molar-refractivity contribution in [2.75, 3.05) is 7.11 Å². The zero-order valence-electron chi connectivity index (χ0n) is 18.4. The lowest BCUT2D eigenvalue weighted by atomic mass is 10.0. The molecular formula is C27H21Cl2N3O2. The number of para-hydroxylation sites is 2. The SMILES string of the molecule is C=CCc1cc(/C=C(\C#N)c2nc3ccccc3[nH]2)cc(OC)c1OCc1ccc(Cl)cc1Cl. The van der Waals surface area contributed by atoms with Gasteiger partial charge in [0.1, 0.15) is 18.5 Å². The zero-order valence-corrected chi connectivity index (χ0v) is 20.0. The van der Waals surface area contributed by atoms with Crippen LogP contribution in [0.2, 0.25) is 10.0 Å². The van der Waals surface area contributed by atoms with Crippen LogP contribution in [0.25, 0.3) is 22.7 Å². The average Bonchev–Trinajstić information content (AvgIpc) is 3.27. The van der Waals surface area contributed by atoms with Crippen molar-refractivity contribution >= 4 is 45.9 Å². The number of aromatic nitrogens is 2. The van der Waals surface area contributed by atoms with Crippen molar-refractivity contribution in [3.8, 4) is 17.6 Å².